The van der Waals surface area contributed by atoms with E-state index in [1.165, 1.54) is 4.90 Å². The minimum atomic E-state index is -0.927. The maximum Gasteiger partial charge on any atom is 0.318 e. The Bertz CT molecular complexity index is 511. The number of carboxylic acids is 1. The number of carboxylic acid groups (broad SMARTS) is 1. The molecule has 7 nitrogen and oxygen atoms in total. The van der Waals surface area contributed by atoms with E-state index in [1.807, 2.05) is 20.8 Å². The topological polar surface area (TPSA) is 95.4 Å². The van der Waals surface area contributed by atoms with Crippen LogP contribution in [0.2, 0.25) is 0 Å². The fourth-order valence-corrected chi connectivity index (χ4v) is 1.81. The van der Waals surface area contributed by atoms with Gasteiger partial charge in [-0.2, -0.15) is 0 Å². The fraction of sp³-hybridized carbons (Fsp3) is 0.571. The molecule has 0 unspecified atom stereocenters. The van der Waals surface area contributed by atoms with Crippen LogP contribution in [0.3, 0.4) is 0 Å². The van der Waals surface area contributed by atoms with Gasteiger partial charge in [0.05, 0.1) is 18.7 Å². The standard InChI is InChI=1S/C14H22N4O3/c1-10-15-7-5-11(17-10)9-16-13(21)18(14(2,3)4)8-6-12(19)20/h5,7H,6,8-9H2,1-4H3,(H,16,21)(H,19,20). The van der Waals surface area contributed by atoms with E-state index in [0.29, 0.717) is 11.5 Å². The molecule has 0 bridgehead atoms. The summed E-state index contributed by atoms with van der Waals surface area (Å²) in [6.45, 7) is 7.81. The van der Waals surface area contributed by atoms with Gasteiger partial charge in [0.15, 0.2) is 0 Å². The molecule has 21 heavy (non-hydrogen) atoms. The molecule has 0 radical (unpaired) electrons. The Morgan fingerprint density at radius 3 is 2.57 bits per heavy atom. The van der Waals surface area contributed by atoms with Gasteiger partial charge in [0.1, 0.15) is 5.82 Å². The molecule has 1 aromatic rings. The summed E-state index contributed by atoms with van der Waals surface area (Å²) in [7, 11) is 0. The number of amides is 2. The minimum Gasteiger partial charge on any atom is -0.481 e. The Morgan fingerprint density at radius 1 is 1.38 bits per heavy atom. The van der Waals surface area contributed by atoms with E-state index in [-0.39, 0.29) is 25.5 Å². The largest absolute Gasteiger partial charge is 0.481 e. The fourth-order valence-electron chi connectivity index (χ4n) is 1.81. The highest BCUT2D eigenvalue weighted by molar-refractivity contribution is 5.76. The molecular formula is C14H22N4O3. The lowest BCUT2D eigenvalue weighted by molar-refractivity contribution is -0.137. The number of nitrogens with zero attached hydrogens (tertiary/aromatic N) is 3. The maximum atomic E-state index is 12.2. The van der Waals surface area contributed by atoms with Crippen molar-refractivity contribution in [2.75, 3.05) is 6.54 Å². The minimum absolute atomic E-state index is 0.0860. The second-order valence-corrected chi connectivity index (χ2v) is 5.72. The number of aromatic nitrogens is 2. The van der Waals surface area contributed by atoms with Crippen LogP contribution >= 0.6 is 0 Å². The Balaban J connectivity index is 2.66. The predicted octanol–water partition coefficient (Wildman–Crippen LogP) is 1.57. The molecule has 0 aromatic carbocycles. The third-order valence-electron chi connectivity index (χ3n) is 2.86. The first-order chi connectivity index (χ1) is 9.70. The average molecular weight is 294 g/mol. The van der Waals surface area contributed by atoms with E-state index in [9.17, 15) is 9.59 Å². The normalized spacial score (nSPS) is 11.0. The van der Waals surface area contributed by atoms with Gasteiger partial charge in [-0.3, -0.25) is 4.79 Å². The lowest BCUT2D eigenvalue weighted by atomic mass is 10.1. The lowest BCUT2D eigenvalue weighted by Gasteiger charge is -2.35. The summed E-state index contributed by atoms with van der Waals surface area (Å²) in [6.07, 6.45) is 1.55. The Kier molecular flexibility index (Phi) is 5.63. The Labute approximate surface area is 124 Å². The summed E-state index contributed by atoms with van der Waals surface area (Å²) < 4.78 is 0. The molecule has 0 saturated carbocycles. The van der Waals surface area contributed by atoms with Crippen LogP contribution in [0, 0.1) is 6.92 Å². The van der Waals surface area contributed by atoms with E-state index in [4.69, 9.17) is 5.11 Å². The first-order valence-corrected chi connectivity index (χ1v) is 6.76. The van der Waals surface area contributed by atoms with Crippen LogP contribution in [0.1, 0.15) is 38.7 Å². The van der Waals surface area contributed by atoms with E-state index in [0.717, 1.165) is 0 Å². The molecule has 2 amide bonds. The lowest BCUT2D eigenvalue weighted by Crippen LogP contribution is -2.51. The number of hydrogen-bond donors (Lipinski definition) is 2. The van der Waals surface area contributed by atoms with Crippen molar-refractivity contribution >= 4 is 12.0 Å². The zero-order chi connectivity index (χ0) is 16.0. The molecule has 0 fully saturated rings. The molecule has 0 saturated heterocycles. The number of aryl methyl sites for hydroxylation is 1. The first-order valence-electron chi connectivity index (χ1n) is 6.76. The summed E-state index contributed by atoms with van der Waals surface area (Å²) in [5, 5.41) is 11.5. The van der Waals surface area contributed by atoms with Crippen molar-refractivity contribution in [3.63, 3.8) is 0 Å². The summed E-state index contributed by atoms with van der Waals surface area (Å²) in [5.74, 6) is -0.288. The van der Waals surface area contributed by atoms with Gasteiger partial charge in [-0.15, -0.1) is 0 Å². The van der Waals surface area contributed by atoms with Gasteiger partial charge in [-0.1, -0.05) is 0 Å². The van der Waals surface area contributed by atoms with Crippen molar-refractivity contribution < 1.29 is 14.7 Å². The summed E-state index contributed by atoms with van der Waals surface area (Å²) in [5.41, 5.74) is 0.254. The van der Waals surface area contributed by atoms with E-state index < -0.39 is 11.5 Å². The molecule has 0 aliphatic rings. The van der Waals surface area contributed by atoms with Crippen LogP contribution in [0.4, 0.5) is 4.79 Å². The van der Waals surface area contributed by atoms with Crippen LogP contribution < -0.4 is 5.32 Å². The molecule has 0 aliphatic carbocycles. The predicted molar refractivity (Wildman–Crippen MR) is 77.7 cm³/mol. The van der Waals surface area contributed by atoms with Crippen molar-refractivity contribution in [2.45, 2.75) is 46.2 Å². The maximum absolute atomic E-state index is 12.2. The van der Waals surface area contributed by atoms with E-state index in [2.05, 4.69) is 15.3 Å². The molecular weight excluding hydrogens is 272 g/mol. The van der Waals surface area contributed by atoms with Gasteiger partial charge in [-0.05, 0) is 33.8 Å². The van der Waals surface area contributed by atoms with Crippen molar-refractivity contribution in [1.29, 1.82) is 0 Å². The zero-order valence-corrected chi connectivity index (χ0v) is 12.9. The second kappa shape index (κ2) is 7.01. The Hall–Kier alpha value is -2.18. The van der Waals surface area contributed by atoms with Crippen LogP contribution in [-0.2, 0) is 11.3 Å². The molecule has 2 N–H and O–H groups in total. The van der Waals surface area contributed by atoms with Gasteiger partial charge in [0.25, 0.3) is 0 Å². The third-order valence-corrected chi connectivity index (χ3v) is 2.86. The molecule has 7 heteroatoms. The Morgan fingerprint density at radius 2 is 2.05 bits per heavy atom. The molecule has 1 rings (SSSR count). The van der Waals surface area contributed by atoms with Crippen LogP contribution in [0.15, 0.2) is 12.3 Å². The SMILES string of the molecule is Cc1nccc(CNC(=O)N(CCC(=O)O)C(C)(C)C)n1. The van der Waals surface area contributed by atoms with Crippen LogP contribution in [-0.4, -0.2) is 44.1 Å². The molecule has 116 valence electrons. The molecule has 1 aromatic heterocycles. The highest BCUT2D eigenvalue weighted by Gasteiger charge is 2.26. The van der Waals surface area contributed by atoms with Crippen molar-refractivity contribution in [3.8, 4) is 0 Å². The van der Waals surface area contributed by atoms with Gasteiger partial charge in [0.2, 0.25) is 0 Å². The number of nitrogens with one attached hydrogen (secondary N) is 1. The zero-order valence-electron chi connectivity index (χ0n) is 12.9. The molecule has 0 spiro atoms. The number of carbonyl (C=O) groups excluding carboxylic acids is 1. The number of hydrogen-bond acceptors (Lipinski definition) is 4. The summed E-state index contributed by atoms with van der Waals surface area (Å²) in [6, 6.07) is 1.42. The van der Waals surface area contributed by atoms with Gasteiger partial charge >= 0.3 is 12.0 Å². The second-order valence-electron chi connectivity index (χ2n) is 5.72. The van der Waals surface area contributed by atoms with Crippen molar-refractivity contribution in [2.24, 2.45) is 0 Å². The van der Waals surface area contributed by atoms with E-state index in [1.54, 1.807) is 19.2 Å². The summed E-state index contributed by atoms with van der Waals surface area (Å²) >= 11 is 0. The molecule has 0 aliphatic heterocycles. The number of carbonyl (C=O) groups is 2. The number of aliphatic carboxylic acids is 1. The van der Waals surface area contributed by atoms with E-state index >= 15 is 0 Å². The third kappa shape index (κ3) is 5.76. The van der Waals surface area contributed by atoms with Crippen LogP contribution in [0.5, 0.6) is 0 Å². The molecule has 0 atom stereocenters. The smallest absolute Gasteiger partial charge is 0.318 e. The first kappa shape index (κ1) is 16.9. The van der Waals surface area contributed by atoms with Gasteiger partial charge in [-0.25, -0.2) is 14.8 Å². The molecule has 1 heterocycles. The van der Waals surface area contributed by atoms with Crippen molar-refractivity contribution in [1.82, 2.24) is 20.2 Å². The monoisotopic (exact) mass is 294 g/mol. The highest BCUT2D eigenvalue weighted by Crippen LogP contribution is 2.14. The summed E-state index contributed by atoms with van der Waals surface area (Å²) in [4.78, 5) is 32.6. The quantitative estimate of drug-likeness (QED) is 0.859. The average Bonchev–Trinajstić information content (AvgIpc) is 2.34. The number of urea groups is 1. The highest BCUT2D eigenvalue weighted by atomic mass is 16.4. The van der Waals surface area contributed by atoms with Crippen LogP contribution in [0.25, 0.3) is 0 Å². The van der Waals surface area contributed by atoms with Crippen molar-refractivity contribution in [3.05, 3.63) is 23.8 Å². The van der Waals surface area contributed by atoms with Gasteiger partial charge < -0.3 is 15.3 Å². The number of rotatable bonds is 5. The van der Waals surface area contributed by atoms with Gasteiger partial charge in [0, 0.05) is 18.3 Å².